The molecular weight excluding hydrogens is 378 g/mol. The summed E-state index contributed by atoms with van der Waals surface area (Å²) in [6.07, 6.45) is 5.45. The van der Waals surface area contributed by atoms with Crippen molar-refractivity contribution in [1.82, 2.24) is 0 Å². The number of halogens is 4. The zero-order chi connectivity index (χ0) is 13.9. The summed E-state index contributed by atoms with van der Waals surface area (Å²) in [6, 6.07) is 4.47. The van der Waals surface area contributed by atoms with E-state index in [0.29, 0.717) is 17.9 Å². The second-order valence-corrected chi connectivity index (χ2v) is 6.62. The molecule has 0 unspecified atom stereocenters. The molecule has 1 saturated carbocycles. The molecule has 0 atom stereocenters. The Balaban J connectivity index is 2.27. The molecule has 0 heterocycles. The summed E-state index contributed by atoms with van der Waals surface area (Å²) >= 11 is 7.20. The fourth-order valence-electron chi connectivity index (χ4n) is 3.10. The van der Waals surface area contributed by atoms with E-state index in [4.69, 9.17) is 0 Å². The van der Waals surface area contributed by atoms with Gasteiger partial charge in [-0.15, -0.1) is 0 Å². The summed E-state index contributed by atoms with van der Waals surface area (Å²) < 4.78 is 27.2. The first-order chi connectivity index (χ1) is 9.13. The highest BCUT2D eigenvalue weighted by atomic mass is 79.9. The number of hydrogen-bond donors (Lipinski definition) is 0. The summed E-state index contributed by atoms with van der Waals surface area (Å²) in [7, 11) is 0. The van der Waals surface area contributed by atoms with Crippen LogP contribution in [0.1, 0.15) is 31.2 Å². The van der Waals surface area contributed by atoms with Crippen LogP contribution in [-0.4, -0.2) is 10.7 Å². The number of benzene rings is 1. The van der Waals surface area contributed by atoms with Crippen molar-refractivity contribution in [3.05, 3.63) is 35.4 Å². The minimum absolute atomic E-state index is 0.0227. The van der Waals surface area contributed by atoms with Gasteiger partial charge in [0.05, 0.1) is 0 Å². The van der Waals surface area contributed by atoms with Crippen LogP contribution in [0, 0.1) is 23.0 Å². The topological polar surface area (TPSA) is 0 Å². The van der Waals surface area contributed by atoms with Crippen LogP contribution in [0.4, 0.5) is 8.78 Å². The third kappa shape index (κ3) is 3.21. The highest BCUT2D eigenvalue weighted by molar-refractivity contribution is 9.09. The molecule has 0 aliphatic heterocycles. The lowest BCUT2D eigenvalue weighted by Gasteiger charge is -2.36. The maximum absolute atomic E-state index is 13.9. The van der Waals surface area contributed by atoms with Gasteiger partial charge in [-0.1, -0.05) is 56.8 Å². The van der Waals surface area contributed by atoms with E-state index in [9.17, 15) is 8.78 Å². The Bertz CT molecular complexity index is 424. The van der Waals surface area contributed by atoms with Gasteiger partial charge >= 0.3 is 0 Å². The van der Waals surface area contributed by atoms with Gasteiger partial charge in [-0.2, -0.15) is 0 Å². The third-order valence-electron chi connectivity index (χ3n) is 4.33. The zero-order valence-electron chi connectivity index (χ0n) is 10.8. The first-order valence-corrected chi connectivity index (χ1v) is 8.92. The van der Waals surface area contributed by atoms with Crippen molar-refractivity contribution >= 4 is 31.9 Å². The van der Waals surface area contributed by atoms with E-state index in [1.165, 1.54) is 31.7 Å². The van der Waals surface area contributed by atoms with Crippen molar-refractivity contribution in [3.8, 4) is 0 Å². The van der Waals surface area contributed by atoms with Crippen molar-refractivity contribution in [1.29, 1.82) is 0 Å². The molecule has 19 heavy (non-hydrogen) atoms. The van der Waals surface area contributed by atoms with E-state index in [2.05, 4.69) is 31.9 Å². The molecule has 0 N–H and O–H groups in total. The van der Waals surface area contributed by atoms with E-state index in [0.717, 1.165) is 10.7 Å². The lowest BCUT2D eigenvalue weighted by molar-refractivity contribution is 0.230. The van der Waals surface area contributed by atoms with Gasteiger partial charge in [0.2, 0.25) is 0 Å². The van der Waals surface area contributed by atoms with Crippen LogP contribution in [0.5, 0.6) is 0 Å². The molecule has 1 aliphatic carbocycles. The summed E-state index contributed by atoms with van der Waals surface area (Å²) in [6.45, 7) is 0. The molecular formula is C15H18Br2F2. The predicted octanol–water partition coefficient (Wildman–Crippen LogP) is 5.47. The van der Waals surface area contributed by atoms with Crippen molar-refractivity contribution in [2.45, 2.75) is 32.1 Å². The smallest absolute Gasteiger partial charge is 0.162 e. The Morgan fingerprint density at radius 1 is 1.11 bits per heavy atom. The van der Waals surface area contributed by atoms with Crippen LogP contribution in [-0.2, 0) is 6.42 Å². The predicted molar refractivity (Wildman–Crippen MR) is 82.0 cm³/mol. The van der Waals surface area contributed by atoms with E-state index in [-0.39, 0.29) is 5.41 Å². The highest BCUT2D eigenvalue weighted by Crippen LogP contribution is 2.45. The number of hydrogen-bond acceptors (Lipinski definition) is 0. The van der Waals surface area contributed by atoms with E-state index < -0.39 is 11.6 Å². The van der Waals surface area contributed by atoms with Gasteiger partial charge < -0.3 is 0 Å². The molecule has 106 valence electrons. The molecule has 0 spiro atoms. The van der Waals surface area contributed by atoms with E-state index in [1.54, 1.807) is 12.1 Å². The standard InChI is InChI=1S/C15H18Br2F2/c16-9-15(10-17,12-5-1-2-6-12)8-11-4-3-7-13(18)14(11)19/h3-4,7,12H,1-2,5-6,8-10H2. The minimum Gasteiger partial charge on any atom is -0.204 e. The Labute approximate surface area is 130 Å². The fourth-order valence-corrected chi connectivity index (χ4v) is 5.34. The second kappa shape index (κ2) is 6.66. The fraction of sp³-hybridized carbons (Fsp3) is 0.600. The quantitative estimate of drug-likeness (QED) is 0.579. The van der Waals surface area contributed by atoms with Crippen LogP contribution in [0.3, 0.4) is 0 Å². The van der Waals surface area contributed by atoms with Gasteiger partial charge in [0, 0.05) is 10.7 Å². The highest BCUT2D eigenvalue weighted by Gasteiger charge is 2.39. The Morgan fingerprint density at radius 3 is 2.32 bits per heavy atom. The van der Waals surface area contributed by atoms with Gasteiger partial charge in [0.15, 0.2) is 11.6 Å². The van der Waals surface area contributed by atoms with Crippen LogP contribution >= 0.6 is 31.9 Å². The molecule has 4 heteroatoms. The molecule has 0 nitrogen and oxygen atoms in total. The van der Waals surface area contributed by atoms with E-state index in [1.807, 2.05) is 0 Å². The molecule has 1 aliphatic rings. The summed E-state index contributed by atoms with van der Waals surface area (Å²) in [5, 5.41) is 1.62. The van der Waals surface area contributed by atoms with Crippen molar-refractivity contribution < 1.29 is 8.78 Å². The average molecular weight is 396 g/mol. The van der Waals surface area contributed by atoms with Crippen LogP contribution in [0.25, 0.3) is 0 Å². The normalized spacial score (nSPS) is 17.1. The average Bonchev–Trinajstić information content (AvgIpc) is 2.95. The van der Waals surface area contributed by atoms with Crippen molar-refractivity contribution in [2.24, 2.45) is 11.3 Å². The van der Waals surface area contributed by atoms with Crippen molar-refractivity contribution in [2.75, 3.05) is 10.7 Å². The SMILES string of the molecule is Fc1cccc(CC(CBr)(CBr)C2CCCC2)c1F. The van der Waals surface area contributed by atoms with Gasteiger partial charge in [0.1, 0.15) is 0 Å². The first-order valence-electron chi connectivity index (χ1n) is 6.68. The molecule has 0 bridgehead atoms. The maximum atomic E-state index is 13.9. The third-order valence-corrected chi connectivity index (χ3v) is 6.56. The molecule has 0 radical (unpaired) electrons. The minimum atomic E-state index is -0.748. The Morgan fingerprint density at radius 2 is 1.74 bits per heavy atom. The van der Waals surface area contributed by atoms with Gasteiger partial charge in [-0.25, -0.2) is 8.78 Å². The molecule has 1 aromatic carbocycles. The molecule has 1 aromatic rings. The van der Waals surface area contributed by atoms with Gasteiger partial charge in [-0.05, 0) is 42.2 Å². The Hall–Kier alpha value is 0.0400. The Kier molecular flexibility index (Phi) is 5.41. The van der Waals surface area contributed by atoms with Gasteiger partial charge in [-0.3, -0.25) is 0 Å². The monoisotopic (exact) mass is 394 g/mol. The van der Waals surface area contributed by atoms with E-state index >= 15 is 0 Å². The van der Waals surface area contributed by atoms with Crippen LogP contribution in [0.15, 0.2) is 18.2 Å². The van der Waals surface area contributed by atoms with Crippen LogP contribution < -0.4 is 0 Å². The molecule has 2 rings (SSSR count). The maximum Gasteiger partial charge on any atom is 0.162 e. The van der Waals surface area contributed by atoms with Crippen molar-refractivity contribution in [3.63, 3.8) is 0 Å². The molecule has 0 aromatic heterocycles. The number of rotatable bonds is 5. The number of alkyl halides is 2. The lowest BCUT2D eigenvalue weighted by atomic mass is 9.73. The molecule has 0 amide bonds. The molecule has 0 saturated heterocycles. The summed E-state index contributed by atoms with van der Waals surface area (Å²) in [5.41, 5.74) is 0.469. The first kappa shape index (κ1) is 15.4. The molecule has 1 fully saturated rings. The van der Waals surface area contributed by atoms with Gasteiger partial charge in [0.25, 0.3) is 0 Å². The van der Waals surface area contributed by atoms with Crippen LogP contribution in [0.2, 0.25) is 0 Å². The summed E-state index contributed by atoms with van der Waals surface area (Å²) in [4.78, 5) is 0. The summed E-state index contributed by atoms with van der Waals surface area (Å²) in [5.74, 6) is -0.859. The zero-order valence-corrected chi connectivity index (χ0v) is 13.9. The lowest BCUT2D eigenvalue weighted by Crippen LogP contribution is -2.35. The second-order valence-electron chi connectivity index (χ2n) is 5.50. The largest absolute Gasteiger partial charge is 0.204 e.